The van der Waals surface area contributed by atoms with Crippen LogP contribution in [0.2, 0.25) is 0 Å². The van der Waals surface area contributed by atoms with E-state index in [0.29, 0.717) is 23.9 Å². The van der Waals surface area contributed by atoms with Crippen LogP contribution in [0, 0.1) is 12.3 Å². The van der Waals surface area contributed by atoms with Gasteiger partial charge in [-0.05, 0) is 17.5 Å². The maximum absolute atomic E-state index is 12.1. The standard InChI is InChI=1S/C16H13NO3/c1-2-3-10-17-15(18)12-8-4-6-11-7-5-9-13(14(11)12)16(19)20/h1,4-9H,3,10H2,(H,17,18)(H,19,20). The van der Waals surface area contributed by atoms with Crippen LogP contribution in [-0.2, 0) is 0 Å². The second-order valence-electron chi connectivity index (χ2n) is 4.22. The smallest absolute Gasteiger partial charge is 0.336 e. The molecular weight excluding hydrogens is 254 g/mol. The highest BCUT2D eigenvalue weighted by Crippen LogP contribution is 2.23. The van der Waals surface area contributed by atoms with Crippen LogP contribution in [0.3, 0.4) is 0 Å². The van der Waals surface area contributed by atoms with E-state index in [4.69, 9.17) is 6.42 Å². The number of nitrogens with one attached hydrogen (secondary N) is 1. The Balaban J connectivity index is 2.51. The Kier molecular flexibility index (Phi) is 4.02. The number of carboxylic acids is 1. The van der Waals surface area contributed by atoms with Gasteiger partial charge in [0.05, 0.1) is 5.56 Å². The van der Waals surface area contributed by atoms with Gasteiger partial charge in [-0.1, -0.05) is 24.3 Å². The lowest BCUT2D eigenvalue weighted by atomic mass is 9.98. The van der Waals surface area contributed by atoms with Gasteiger partial charge in [-0.15, -0.1) is 12.3 Å². The number of hydrogen-bond donors (Lipinski definition) is 2. The molecule has 2 aromatic rings. The molecule has 0 unspecified atom stereocenters. The Morgan fingerprint density at radius 3 is 2.40 bits per heavy atom. The number of fused-ring (bicyclic) bond motifs is 1. The zero-order chi connectivity index (χ0) is 14.5. The van der Waals surface area contributed by atoms with E-state index >= 15 is 0 Å². The molecule has 0 heterocycles. The van der Waals surface area contributed by atoms with Gasteiger partial charge in [0.25, 0.3) is 5.91 Å². The summed E-state index contributed by atoms with van der Waals surface area (Å²) in [5, 5.41) is 13.1. The number of terminal acetylenes is 1. The van der Waals surface area contributed by atoms with E-state index in [1.807, 2.05) is 0 Å². The zero-order valence-corrected chi connectivity index (χ0v) is 10.7. The Morgan fingerprint density at radius 1 is 1.15 bits per heavy atom. The van der Waals surface area contributed by atoms with Crippen molar-refractivity contribution in [2.45, 2.75) is 6.42 Å². The molecule has 0 fully saturated rings. The fourth-order valence-electron chi connectivity index (χ4n) is 2.05. The van der Waals surface area contributed by atoms with E-state index in [2.05, 4.69) is 11.2 Å². The number of carbonyl (C=O) groups excluding carboxylic acids is 1. The van der Waals surface area contributed by atoms with Gasteiger partial charge in [-0.2, -0.15) is 0 Å². The normalized spacial score (nSPS) is 9.95. The van der Waals surface area contributed by atoms with Crippen molar-refractivity contribution in [2.24, 2.45) is 0 Å². The fraction of sp³-hybridized carbons (Fsp3) is 0.125. The Morgan fingerprint density at radius 2 is 1.80 bits per heavy atom. The van der Waals surface area contributed by atoms with Gasteiger partial charge >= 0.3 is 5.97 Å². The number of hydrogen-bond acceptors (Lipinski definition) is 2. The second kappa shape index (κ2) is 5.89. The number of amides is 1. The van der Waals surface area contributed by atoms with Crippen molar-refractivity contribution in [1.82, 2.24) is 5.32 Å². The van der Waals surface area contributed by atoms with Crippen LogP contribution in [-0.4, -0.2) is 23.5 Å². The molecule has 0 aromatic heterocycles. The molecule has 0 bridgehead atoms. The summed E-state index contributed by atoms with van der Waals surface area (Å²) in [5.41, 5.74) is 0.461. The van der Waals surface area contributed by atoms with Gasteiger partial charge in [0.15, 0.2) is 0 Å². The minimum Gasteiger partial charge on any atom is -0.478 e. The summed E-state index contributed by atoms with van der Waals surface area (Å²) in [5.74, 6) is 1.06. The Bertz CT molecular complexity index is 708. The largest absolute Gasteiger partial charge is 0.478 e. The average Bonchev–Trinajstić information content (AvgIpc) is 2.46. The molecule has 0 aliphatic carbocycles. The first kappa shape index (κ1) is 13.6. The molecule has 0 saturated heterocycles. The van der Waals surface area contributed by atoms with Crippen LogP contribution in [0.25, 0.3) is 10.8 Å². The molecule has 4 heteroatoms. The lowest BCUT2D eigenvalue weighted by Gasteiger charge is -2.09. The minimum absolute atomic E-state index is 0.116. The maximum atomic E-state index is 12.1. The predicted octanol–water partition coefficient (Wildman–Crippen LogP) is 2.29. The SMILES string of the molecule is C#CCCNC(=O)c1cccc2cccc(C(=O)O)c12. The maximum Gasteiger partial charge on any atom is 0.336 e. The lowest BCUT2D eigenvalue weighted by Crippen LogP contribution is -2.24. The van der Waals surface area contributed by atoms with Crippen molar-refractivity contribution in [3.63, 3.8) is 0 Å². The number of carboxylic acid groups (broad SMARTS) is 1. The van der Waals surface area contributed by atoms with Crippen molar-refractivity contribution < 1.29 is 14.7 Å². The van der Waals surface area contributed by atoms with Crippen LogP contribution in [0.1, 0.15) is 27.1 Å². The van der Waals surface area contributed by atoms with Gasteiger partial charge in [0.1, 0.15) is 0 Å². The summed E-state index contributed by atoms with van der Waals surface area (Å²) in [4.78, 5) is 23.4. The summed E-state index contributed by atoms with van der Waals surface area (Å²) < 4.78 is 0. The number of rotatable bonds is 4. The van der Waals surface area contributed by atoms with Crippen molar-refractivity contribution in [2.75, 3.05) is 6.54 Å². The summed E-state index contributed by atoms with van der Waals surface area (Å²) in [6, 6.07) is 10.0. The van der Waals surface area contributed by atoms with Crippen molar-refractivity contribution in [3.8, 4) is 12.3 Å². The van der Waals surface area contributed by atoms with Gasteiger partial charge < -0.3 is 10.4 Å². The quantitative estimate of drug-likeness (QED) is 0.659. The van der Waals surface area contributed by atoms with Crippen molar-refractivity contribution in [3.05, 3.63) is 47.5 Å². The summed E-state index contributed by atoms with van der Waals surface area (Å²) in [7, 11) is 0. The molecule has 0 atom stereocenters. The first-order valence-electron chi connectivity index (χ1n) is 6.12. The third kappa shape index (κ3) is 2.62. The molecular formula is C16H13NO3. The van der Waals surface area contributed by atoms with Gasteiger partial charge in [-0.3, -0.25) is 4.79 Å². The lowest BCUT2D eigenvalue weighted by molar-refractivity contribution is 0.0699. The van der Waals surface area contributed by atoms with Crippen LogP contribution >= 0.6 is 0 Å². The Labute approximate surface area is 116 Å². The summed E-state index contributed by atoms with van der Waals surface area (Å²) >= 11 is 0. The molecule has 100 valence electrons. The minimum atomic E-state index is -1.06. The van der Waals surface area contributed by atoms with E-state index in [-0.39, 0.29) is 11.5 Å². The molecule has 0 spiro atoms. The highest BCUT2D eigenvalue weighted by atomic mass is 16.4. The molecule has 2 N–H and O–H groups in total. The van der Waals surface area contributed by atoms with Crippen LogP contribution in [0.4, 0.5) is 0 Å². The first-order chi connectivity index (χ1) is 9.65. The third-order valence-electron chi connectivity index (χ3n) is 2.93. The van der Waals surface area contributed by atoms with Gasteiger partial charge in [0.2, 0.25) is 0 Å². The van der Waals surface area contributed by atoms with Crippen LogP contribution < -0.4 is 5.32 Å². The Hall–Kier alpha value is -2.80. The van der Waals surface area contributed by atoms with Crippen molar-refractivity contribution >= 4 is 22.6 Å². The molecule has 4 nitrogen and oxygen atoms in total. The molecule has 0 aliphatic heterocycles. The van der Waals surface area contributed by atoms with Crippen molar-refractivity contribution in [1.29, 1.82) is 0 Å². The number of benzene rings is 2. The topological polar surface area (TPSA) is 66.4 Å². The predicted molar refractivity (Wildman–Crippen MR) is 76.7 cm³/mol. The molecule has 20 heavy (non-hydrogen) atoms. The zero-order valence-electron chi connectivity index (χ0n) is 10.7. The van der Waals surface area contributed by atoms with Gasteiger partial charge in [0, 0.05) is 23.9 Å². The number of carbonyl (C=O) groups is 2. The first-order valence-corrected chi connectivity index (χ1v) is 6.12. The molecule has 2 aromatic carbocycles. The van der Waals surface area contributed by atoms with Crippen LogP contribution in [0.5, 0.6) is 0 Å². The third-order valence-corrected chi connectivity index (χ3v) is 2.93. The summed E-state index contributed by atoms with van der Waals surface area (Å²) in [6.45, 7) is 0.362. The average molecular weight is 267 g/mol. The van der Waals surface area contributed by atoms with Gasteiger partial charge in [-0.25, -0.2) is 4.79 Å². The summed E-state index contributed by atoms with van der Waals surface area (Å²) in [6.07, 6.45) is 5.56. The molecule has 1 amide bonds. The highest BCUT2D eigenvalue weighted by molar-refractivity contribution is 6.14. The highest BCUT2D eigenvalue weighted by Gasteiger charge is 2.15. The fourth-order valence-corrected chi connectivity index (χ4v) is 2.05. The number of aromatic carboxylic acids is 1. The van der Waals surface area contributed by atoms with E-state index in [0.717, 1.165) is 5.39 Å². The monoisotopic (exact) mass is 267 g/mol. The molecule has 0 saturated carbocycles. The van der Waals surface area contributed by atoms with Crippen LogP contribution in [0.15, 0.2) is 36.4 Å². The second-order valence-corrected chi connectivity index (χ2v) is 4.22. The van der Waals surface area contributed by atoms with E-state index in [9.17, 15) is 14.7 Å². The van der Waals surface area contributed by atoms with E-state index < -0.39 is 5.97 Å². The molecule has 0 radical (unpaired) electrons. The molecule has 0 aliphatic rings. The molecule has 2 rings (SSSR count). The van der Waals surface area contributed by atoms with E-state index in [1.165, 1.54) is 6.07 Å². The van der Waals surface area contributed by atoms with E-state index in [1.54, 1.807) is 30.3 Å².